The molecule has 3 heterocycles. The maximum Gasteiger partial charge on any atom is 0.351 e. The van der Waals surface area contributed by atoms with Gasteiger partial charge in [0.05, 0.1) is 6.10 Å². The maximum atomic E-state index is 14.6. The Hall–Kier alpha value is -2.39. The molecule has 29 heavy (non-hydrogen) atoms. The Bertz CT molecular complexity index is 919. The molecule has 0 aliphatic carbocycles. The van der Waals surface area contributed by atoms with E-state index in [0.717, 1.165) is 35.9 Å². The Balaban J connectivity index is 1.51. The molecule has 2 saturated heterocycles. The molecule has 156 valence electrons. The number of ether oxygens (including phenoxy) is 1. The first-order valence-electron chi connectivity index (χ1n) is 9.71. The van der Waals surface area contributed by atoms with Gasteiger partial charge in [-0.1, -0.05) is 18.6 Å². The van der Waals surface area contributed by atoms with Gasteiger partial charge in [-0.3, -0.25) is 9.47 Å². The van der Waals surface area contributed by atoms with Gasteiger partial charge in [0.1, 0.15) is 11.6 Å². The van der Waals surface area contributed by atoms with Gasteiger partial charge in [-0.2, -0.15) is 4.98 Å². The summed E-state index contributed by atoms with van der Waals surface area (Å²) in [7, 11) is 0. The molecular formula is C20H23F3N4O2. The van der Waals surface area contributed by atoms with Gasteiger partial charge < -0.3 is 10.5 Å². The number of nitrogen functional groups attached to an aromatic ring is 1. The standard InChI is InChI=1S/C20H23F3N4O2/c21-14-6-4-13(5-7-14)16-3-1-2-9-26(16)12-15-11-20(22,23)18(29-15)27-10-8-17(24)25-19(27)28/h4-8,10,15-16,18H,1-3,9,11-12H2,(H2,24,25,28). The van der Waals surface area contributed by atoms with Crippen molar-refractivity contribution in [3.05, 3.63) is 58.4 Å². The number of hydrogen-bond acceptors (Lipinski definition) is 5. The third-order valence-corrected chi connectivity index (χ3v) is 5.59. The summed E-state index contributed by atoms with van der Waals surface area (Å²) in [6.07, 6.45) is 1.12. The molecule has 1 aromatic carbocycles. The number of rotatable bonds is 4. The van der Waals surface area contributed by atoms with Gasteiger partial charge in [0, 0.05) is 25.2 Å². The lowest BCUT2D eigenvalue weighted by Crippen LogP contribution is -2.39. The van der Waals surface area contributed by atoms with E-state index in [1.807, 2.05) is 0 Å². The highest BCUT2D eigenvalue weighted by Gasteiger charge is 2.52. The summed E-state index contributed by atoms with van der Waals surface area (Å²) in [6, 6.07) is 7.64. The van der Waals surface area contributed by atoms with Crippen molar-refractivity contribution in [3.8, 4) is 0 Å². The summed E-state index contributed by atoms with van der Waals surface area (Å²) >= 11 is 0. The molecule has 2 N–H and O–H groups in total. The normalized spacial score (nSPS) is 27.2. The number of anilines is 1. The second-order valence-electron chi connectivity index (χ2n) is 7.68. The van der Waals surface area contributed by atoms with Crippen LogP contribution in [0.2, 0.25) is 0 Å². The minimum atomic E-state index is -3.20. The summed E-state index contributed by atoms with van der Waals surface area (Å²) in [6.45, 7) is 1.06. The molecule has 0 saturated carbocycles. The molecule has 6 nitrogen and oxygen atoms in total. The Morgan fingerprint density at radius 3 is 2.69 bits per heavy atom. The van der Waals surface area contributed by atoms with Crippen LogP contribution in [-0.2, 0) is 4.74 Å². The van der Waals surface area contributed by atoms with Crippen molar-refractivity contribution in [2.45, 2.75) is 50.0 Å². The lowest BCUT2D eigenvalue weighted by atomic mass is 9.94. The van der Waals surface area contributed by atoms with E-state index in [2.05, 4.69) is 9.88 Å². The van der Waals surface area contributed by atoms with Gasteiger partial charge in [0.2, 0.25) is 6.23 Å². The molecule has 1 aromatic heterocycles. The summed E-state index contributed by atoms with van der Waals surface area (Å²) in [5, 5.41) is 0. The van der Waals surface area contributed by atoms with E-state index >= 15 is 0 Å². The average Bonchev–Trinajstić information content (AvgIpc) is 2.97. The number of benzene rings is 1. The second kappa shape index (κ2) is 7.79. The number of halogens is 3. The highest BCUT2D eigenvalue weighted by Crippen LogP contribution is 2.43. The fraction of sp³-hybridized carbons (Fsp3) is 0.500. The highest BCUT2D eigenvalue weighted by atomic mass is 19.3. The first-order valence-corrected chi connectivity index (χ1v) is 9.71. The Morgan fingerprint density at radius 1 is 1.21 bits per heavy atom. The third kappa shape index (κ3) is 4.16. The van der Waals surface area contributed by atoms with E-state index in [1.165, 1.54) is 24.4 Å². The van der Waals surface area contributed by atoms with Crippen LogP contribution in [0.3, 0.4) is 0 Å². The molecule has 4 rings (SSSR count). The zero-order chi connectivity index (χ0) is 20.6. The molecular weight excluding hydrogens is 385 g/mol. The monoisotopic (exact) mass is 408 g/mol. The summed E-state index contributed by atoms with van der Waals surface area (Å²) in [4.78, 5) is 17.6. The van der Waals surface area contributed by atoms with E-state index in [-0.39, 0.29) is 17.7 Å². The average molecular weight is 408 g/mol. The van der Waals surface area contributed by atoms with Crippen molar-refractivity contribution < 1.29 is 17.9 Å². The number of nitrogens with zero attached hydrogens (tertiary/aromatic N) is 3. The van der Waals surface area contributed by atoms with Crippen molar-refractivity contribution in [2.75, 3.05) is 18.8 Å². The zero-order valence-corrected chi connectivity index (χ0v) is 15.8. The number of piperidine rings is 1. The predicted molar refractivity (Wildman–Crippen MR) is 101 cm³/mol. The maximum absolute atomic E-state index is 14.6. The number of alkyl halides is 2. The van der Waals surface area contributed by atoms with Crippen LogP contribution in [0.25, 0.3) is 0 Å². The summed E-state index contributed by atoms with van der Waals surface area (Å²) in [5.41, 5.74) is 5.54. The van der Waals surface area contributed by atoms with Gasteiger partial charge in [0.15, 0.2) is 0 Å². The molecule has 3 atom stereocenters. The Kier molecular flexibility index (Phi) is 5.35. The third-order valence-electron chi connectivity index (χ3n) is 5.59. The quantitative estimate of drug-likeness (QED) is 0.842. The van der Waals surface area contributed by atoms with Crippen LogP contribution in [0.5, 0.6) is 0 Å². The molecule has 9 heteroatoms. The number of hydrogen-bond donors (Lipinski definition) is 1. The fourth-order valence-corrected chi connectivity index (χ4v) is 4.25. The highest BCUT2D eigenvalue weighted by molar-refractivity contribution is 5.24. The van der Waals surface area contributed by atoms with Gasteiger partial charge >= 0.3 is 5.69 Å². The largest absolute Gasteiger partial charge is 0.383 e. The van der Waals surface area contributed by atoms with Crippen molar-refractivity contribution in [1.29, 1.82) is 0 Å². The zero-order valence-electron chi connectivity index (χ0n) is 15.8. The summed E-state index contributed by atoms with van der Waals surface area (Å²) < 4.78 is 49.0. The van der Waals surface area contributed by atoms with Crippen LogP contribution in [0.4, 0.5) is 19.0 Å². The van der Waals surface area contributed by atoms with Gasteiger partial charge in [-0.05, 0) is 43.1 Å². The van der Waals surface area contributed by atoms with Gasteiger partial charge in [-0.15, -0.1) is 0 Å². The smallest absolute Gasteiger partial charge is 0.351 e. The number of aromatic nitrogens is 2. The van der Waals surface area contributed by atoms with Crippen molar-refractivity contribution >= 4 is 5.82 Å². The molecule has 2 aliphatic rings. The Morgan fingerprint density at radius 2 is 1.97 bits per heavy atom. The molecule has 0 spiro atoms. The van der Waals surface area contributed by atoms with E-state index < -0.39 is 30.4 Å². The fourth-order valence-electron chi connectivity index (χ4n) is 4.25. The van der Waals surface area contributed by atoms with Crippen LogP contribution >= 0.6 is 0 Å². The van der Waals surface area contributed by atoms with Crippen LogP contribution in [0.15, 0.2) is 41.3 Å². The van der Waals surface area contributed by atoms with Gasteiger partial charge in [0.25, 0.3) is 5.92 Å². The van der Waals surface area contributed by atoms with Crippen molar-refractivity contribution in [1.82, 2.24) is 14.5 Å². The van der Waals surface area contributed by atoms with Crippen LogP contribution in [0.1, 0.15) is 43.5 Å². The van der Waals surface area contributed by atoms with Crippen molar-refractivity contribution in [2.24, 2.45) is 0 Å². The molecule has 0 bridgehead atoms. The SMILES string of the molecule is Nc1ccn(C2OC(CN3CCCCC3c3ccc(F)cc3)CC2(F)F)c(=O)n1. The van der Waals surface area contributed by atoms with Gasteiger partial charge in [-0.25, -0.2) is 18.0 Å². The van der Waals surface area contributed by atoms with Crippen LogP contribution in [0, 0.1) is 5.82 Å². The van der Waals surface area contributed by atoms with Crippen LogP contribution < -0.4 is 11.4 Å². The second-order valence-corrected chi connectivity index (χ2v) is 7.68. The lowest BCUT2D eigenvalue weighted by Gasteiger charge is -2.37. The molecule has 2 fully saturated rings. The van der Waals surface area contributed by atoms with E-state index in [0.29, 0.717) is 6.54 Å². The van der Waals surface area contributed by atoms with Crippen molar-refractivity contribution in [3.63, 3.8) is 0 Å². The summed E-state index contributed by atoms with van der Waals surface area (Å²) in [5.74, 6) is -3.53. The van der Waals surface area contributed by atoms with E-state index in [4.69, 9.17) is 10.5 Å². The van der Waals surface area contributed by atoms with E-state index in [1.54, 1.807) is 12.1 Å². The molecule has 3 unspecified atom stereocenters. The number of nitrogens with two attached hydrogens (primary N) is 1. The topological polar surface area (TPSA) is 73.4 Å². The Labute approximate surface area is 166 Å². The minimum absolute atomic E-state index is 0.0282. The molecule has 2 aromatic rings. The lowest BCUT2D eigenvalue weighted by molar-refractivity contribution is -0.119. The molecule has 2 aliphatic heterocycles. The predicted octanol–water partition coefficient (Wildman–Crippen LogP) is 3.11. The number of likely N-dealkylation sites (tertiary alicyclic amines) is 1. The first-order chi connectivity index (χ1) is 13.8. The van der Waals surface area contributed by atoms with Crippen LogP contribution in [-0.4, -0.2) is 39.6 Å². The minimum Gasteiger partial charge on any atom is -0.383 e. The molecule has 0 amide bonds. The van der Waals surface area contributed by atoms with E-state index in [9.17, 15) is 18.0 Å². The molecule has 0 radical (unpaired) electrons. The first kappa shape index (κ1) is 19.9.